The average molecular weight is 118 g/mol. The van der Waals surface area contributed by atoms with Crippen molar-refractivity contribution in [2.45, 2.75) is 0 Å². The summed E-state index contributed by atoms with van der Waals surface area (Å²) in [6.07, 6.45) is 0. The summed E-state index contributed by atoms with van der Waals surface area (Å²) in [5.41, 5.74) is 0. The molecule has 0 aliphatic carbocycles. The van der Waals surface area contributed by atoms with Crippen molar-refractivity contribution >= 4 is 20.0 Å². The van der Waals surface area contributed by atoms with Crippen molar-refractivity contribution in [2.24, 2.45) is 0 Å². The van der Waals surface area contributed by atoms with Crippen molar-refractivity contribution in [2.75, 3.05) is 0 Å². The SMILES string of the molecule is N=S(=O)(F)Cl. The predicted octanol–water partition coefficient (Wildman–Crippen LogP) is 1.07. The van der Waals surface area contributed by atoms with Crippen LogP contribution in [0.4, 0.5) is 3.89 Å². The van der Waals surface area contributed by atoms with Crippen LogP contribution >= 0.6 is 10.7 Å². The Balaban J connectivity index is 4.06. The Labute approximate surface area is 33.7 Å². The minimum absolute atomic E-state index is 4.06. The van der Waals surface area contributed by atoms with Crippen molar-refractivity contribution in [3.8, 4) is 0 Å². The van der Waals surface area contributed by atoms with Gasteiger partial charge in [0, 0.05) is 10.7 Å². The molecule has 5 heteroatoms. The van der Waals surface area contributed by atoms with Gasteiger partial charge in [0.25, 0.3) is 9.33 Å². The molecule has 0 heterocycles. The van der Waals surface area contributed by atoms with Crippen LogP contribution in [0.1, 0.15) is 0 Å². The standard InChI is InChI=1S/ClFHNOS/c1-5(2,3)4/h3H. The van der Waals surface area contributed by atoms with Gasteiger partial charge in [0.1, 0.15) is 0 Å². The lowest BCUT2D eigenvalue weighted by atomic mass is 14.0. The van der Waals surface area contributed by atoms with E-state index >= 15 is 0 Å². The molecule has 0 saturated heterocycles. The quantitative estimate of drug-likeness (QED) is 0.474. The highest BCUT2D eigenvalue weighted by atomic mass is 35.7. The minimum atomic E-state index is -4.19. The molecule has 0 spiro atoms. The molecule has 0 fully saturated rings. The van der Waals surface area contributed by atoms with Crippen molar-refractivity contribution in [1.82, 2.24) is 0 Å². The molecule has 0 rings (SSSR count). The van der Waals surface area contributed by atoms with Gasteiger partial charge >= 0.3 is 0 Å². The Morgan fingerprint density at radius 2 is 2.00 bits per heavy atom. The fourth-order valence-corrected chi connectivity index (χ4v) is 0. The second-order valence-corrected chi connectivity index (χ2v) is 2.46. The van der Waals surface area contributed by atoms with Gasteiger partial charge in [-0.2, -0.15) is 4.21 Å². The van der Waals surface area contributed by atoms with Crippen LogP contribution in [0.3, 0.4) is 0 Å². The van der Waals surface area contributed by atoms with Crippen molar-refractivity contribution in [3.63, 3.8) is 0 Å². The molecule has 0 amide bonds. The van der Waals surface area contributed by atoms with E-state index in [1.165, 1.54) is 0 Å². The van der Waals surface area contributed by atoms with Crippen LogP contribution in [0, 0.1) is 4.78 Å². The van der Waals surface area contributed by atoms with E-state index in [9.17, 15) is 3.89 Å². The lowest BCUT2D eigenvalue weighted by Crippen LogP contribution is -1.61. The third-order valence-corrected chi connectivity index (χ3v) is 0. The highest BCUT2D eigenvalue weighted by Crippen LogP contribution is 1.94. The molecule has 0 bridgehead atoms. The summed E-state index contributed by atoms with van der Waals surface area (Å²) in [6, 6.07) is 0. The summed E-state index contributed by atoms with van der Waals surface area (Å²) >= 11 is 0. The maximum Gasteiger partial charge on any atom is 0.286 e. The second-order valence-electron chi connectivity index (χ2n) is 0.422. The molecule has 0 radical (unpaired) electrons. The van der Waals surface area contributed by atoms with Gasteiger partial charge in [-0.15, -0.1) is 3.89 Å². The molecule has 0 aliphatic rings. The zero-order valence-electron chi connectivity index (χ0n) is 2.07. The number of nitrogens with one attached hydrogen (secondary N) is 1. The molecule has 0 aliphatic heterocycles. The van der Waals surface area contributed by atoms with E-state index in [1.807, 2.05) is 0 Å². The largest absolute Gasteiger partial charge is 0.286 e. The van der Waals surface area contributed by atoms with Crippen LogP contribution in [0.15, 0.2) is 0 Å². The third-order valence-electron chi connectivity index (χ3n) is 0. The van der Waals surface area contributed by atoms with Crippen LogP contribution in [0.2, 0.25) is 0 Å². The molecule has 2 nitrogen and oxygen atoms in total. The number of hydrogen-bond donors (Lipinski definition) is 1. The third kappa shape index (κ3) is 679. The van der Waals surface area contributed by atoms with Gasteiger partial charge in [0.2, 0.25) is 0 Å². The van der Waals surface area contributed by atoms with Crippen molar-refractivity contribution in [3.05, 3.63) is 0 Å². The van der Waals surface area contributed by atoms with Gasteiger partial charge in [-0.25, -0.2) is 4.78 Å². The topological polar surface area (TPSA) is 40.9 Å². The fourth-order valence-electron chi connectivity index (χ4n) is 0. The van der Waals surface area contributed by atoms with E-state index in [0.29, 0.717) is 0 Å². The Kier molecular flexibility index (Phi) is 1.14. The normalized spacial score (nSPS) is 21.2. The fraction of sp³-hybridized carbons (Fsp3) is 0. The molecule has 1 unspecified atom stereocenters. The summed E-state index contributed by atoms with van der Waals surface area (Å²) < 4.78 is 25.2. The van der Waals surface area contributed by atoms with E-state index in [0.717, 1.165) is 0 Å². The van der Waals surface area contributed by atoms with E-state index in [4.69, 9.17) is 8.99 Å². The van der Waals surface area contributed by atoms with Gasteiger partial charge in [-0.3, -0.25) is 0 Å². The number of rotatable bonds is 0. The molecule has 0 aromatic heterocycles. The molecular weight excluding hydrogens is 117 g/mol. The first-order chi connectivity index (χ1) is 2.00. The molecule has 1 atom stereocenters. The Hall–Kier alpha value is 0.170. The molecule has 32 valence electrons. The van der Waals surface area contributed by atoms with Gasteiger partial charge in [-0.05, 0) is 0 Å². The van der Waals surface area contributed by atoms with Gasteiger partial charge in [-0.1, -0.05) is 0 Å². The molecular formula is HClFNOS. The smallest absolute Gasteiger partial charge is 0.213 e. The highest BCUT2D eigenvalue weighted by Gasteiger charge is 1.84. The Morgan fingerprint density at radius 3 is 2.00 bits per heavy atom. The zero-order valence-corrected chi connectivity index (χ0v) is 3.64. The minimum Gasteiger partial charge on any atom is -0.213 e. The van der Waals surface area contributed by atoms with E-state index in [-0.39, 0.29) is 0 Å². The first-order valence-electron chi connectivity index (χ1n) is 0.679. The van der Waals surface area contributed by atoms with Crippen LogP contribution in [0.25, 0.3) is 0 Å². The van der Waals surface area contributed by atoms with Crippen LogP contribution in [-0.2, 0) is 9.33 Å². The summed E-state index contributed by atoms with van der Waals surface area (Å²) in [5.74, 6) is 0. The van der Waals surface area contributed by atoms with Crippen LogP contribution < -0.4 is 0 Å². The predicted molar refractivity (Wildman–Crippen MR) is 17.8 cm³/mol. The molecule has 5 heavy (non-hydrogen) atoms. The number of halogens is 2. The summed E-state index contributed by atoms with van der Waals surface area (Å²) in [4.78, 5) is 0. The van der Waals surface area contributed by atoms with Gasteiger partial charge in [0.15, 0.2) is 0 Å². The second kappa shape index (κ2) is 1.10. The molecule has 0 aromatic rings. The van der Waals surface area contributed by atoms with Crippen LogP contribution in [0.5, 0.6) is 0 Å². The summed E-state index contributed by atoms with van der Waals surface area (Å²) in [6.45, 7) is 0. The molecule has 1 N–H and O–H groups in total. The van der Waals surface area contributed by atoms with E-state index < -0.39 is 9.33 Å². The van der Waals surface area contributed by atoms with Crippen LogP contribution in [-0.4, -0.2) is 4.21 Å². The van der Waals surface area contributed by atoms with Crippen molar-refractivity contribution in [1.29, 1.82) is 4.78 Å². The first kappa shape index (κ1) is 5.17. The van der Waals surface area contributed by atoms with E-state index in [2.05, 4.69) is 10.7 Å². The zero-order chi connectivity index (χ0) is 4.50. The molecule has 0 saturated carbocycles. The first-order valence-corrected chi connectivity index (χ1v) is 2.96. The van der Waals surface area contributed by atoms with E-state index in [1.54, 1.807) is 0 Å². The lowest BCUT2D eigenvalue weighted by molar-refractivity contribution is 0.650. The van der Waals surface area contributed by atoms with Gasteiger partial charge < -0.3 is 0 Å². The average Bonchev–Trinajstić information content (AvgIpc) is 0.722. The summed E-state index contributed by atoms with van der Waals surface area (Å²) in [7, 11) is -0.137. The lowest BCUT2D eigenvalue weighted by Gasteiger charge is -1.65. The molecule has 0 aromatic carbocycles. The summed E-state index contributed by atoms with van der Waals surface area (Å²) in [5, 5.41) is 0. The monoisotopic (exact) mass is 117 g/mol. The maximum atomic E-state index is 10.6. The maximum absolute atomic E-state index is 10.6. The highest BCUT2D eigenvalue weighted by molar-refractivity contribution is 8.10. The van der Waals surface area contributed by atoms with Crippen molar-refractivity contribution < 1.29 is 8.09 Å². The Bertz CT molecular complexity index is 94.8. The number of hydrogen-bond acceptors (Lipinski definition) is 2. The Morgan fingerprint density at radius 1 is 2.00 bits per heavy atom. The van der Waals surface area contributed by atoms with Gasteiger partial charge in [0.05, 0.1) is 0 Å².